The van der Waals surface area contributed by atoms with Gasteiger partial charge in [-0.25, -0.2) is 0 Å². The molecule has 0 aromatic heterocycles. The molecular formula is C24H23ClN2O3S. The highest BCUT2D eigenvalue weighted by atomic mass is 35.5. The van der Waals surface area contributed by atoms with Crippen LogP contribution in [0.25, 0.3) is 0 Å². The van der Waals surface area contributed by atoms with Crippen molar-refractivity contribution in [2.24, 2.45) is 0 Å². The molecule has 1 atom stereocenters. The second-order valence-electron chi connectivity index (χ2n) is 6.92. The maximum absolute atomic E-state index is 12.6. The lowest BCUT2D eigenvalue weighted by Gasteiger charge is -2.14. The number of rotatable bonds is 7. The molecule has 0 spiro atoms. The van der Waals surface area contributed by atoms with E-state index in [1.165, 1.54) is 11.8 Å². The highest BCUT2D eigenvalue weighted by Crippen LogP contribution is 2.27. The lowest BCUT2D eigenvalue weighted by molar-refractivity contribution is -0.115. The average molecular weight is 455 g/mol. The Balaban J connectivity index is 1.57. The number of benzene rings is 3. The molecule has 3 aromatic rings. The molecule has 3 aromatic carbocycles. The summed E-state index contributed by atoms with van der Waals surface area (Å²) < 4.78 is 5.10. The van der Waals surface area contributed by atoms with Crippen molar-refractivity contribution >= 4 is 46.6 Å². The van der Waals surface area contributed by atoms with E-state index >= 15 is 0 Å². The number of anilines is 2. The Labute approximate surface area is 191 Å². The number of amides is 2. The summed E-state index contributed by atoms with van der Waals surface area (Å²) >= 11 is 7.46. The zero-order valence-corrected chi connectivity index (χ0v) is 19.0. The van der Waals surface area contributed by atoms with Gasteiger partial charge in [-0.2, -0.15) is 0 Å². The van der Waals surface area contributed by atoms with E-state index in [1.807, 2.05) is 44.2 Å². The molecule has 2 N–H and O–H groups in total. The molecule has 5 nitrogen and oxygen atoms in total. The van der Waals surface area contributed by atoms with Crippen molar-refractivity contribution in [1.82, 2.24) is 0 Å². The Morgan fingerprint density at radius 1 is 0.968 bits per heavy atom. The number of ether oxygens (including phenoxy) is 1. The van der Waals surface area contributed by atoms with Gasteiger partial charge in [0, 0.05) is 26.9 Å². The Hall–Kier alpha value is -2.96. The molecule has 160 valence electrons. The van der Waals surface area contributed by atoms with Crippen LogP contribution >= 0.6 is 23.4 Å². The summed E-state index contributed by atoms with van der Waals surface area (Å²) in [6.45, 7) is 3.77. The molecule has 0 aliphatic heterocycles. The van der Waals surface area contributed by atoms with Crippen LogP contribution in [0.3, 0.4) is 0 Å². The number of nitrogens with one attached hydrogen (secondary N) is 2. The molecule has 3 rings (SSSR count). The van der Waals surface area contributed by atoms with Crippen molar-refractivity contribution < 1.29 is 14.3 Å². The molecule has 0 bridgehead atoms. The van der Waals surface area contributed by atoms with E-state index in [-0.39, 0.29) is 17.1 Å². The Kier molecular flexibility index (Phi) is 7.60. The van der Waals surface area contributed by atoms with Gasteiger partial charge >= 0.3 is 0 Å². The van der Waals surface area contributed by atoms with Crippen molar-refractivity contribution in [2.75, 3.05) is 17.7 Å². The standard InChI is InChI=1S/C24H23ClN2O3S/c1-15-4-7-18(25)14-22(15)27-23(28)16(2)31-21-12-8-19(9-13-21)26-24(29)17-5-10-20(30-3)11-6-17/h4-14,16H,1-3H3,(H,26,29)(H,27,28). The molecule has 0 radical (unpaired) electrons. The van der Waals surface area contributed by atoms with E-state index in [1.54, 1.807) is 43.5 Å². The van der Waals surface area contributed by atoms with E-state index in [9.17, 15) is 9.59 Å². The van der Waals surface area contributed by atoms with Gasteiger partial charge in [0.1, 0.15) is 5.75 Å². The minimum Gasteiger partial charge on any atom is -0.497 e. The van der Waals surface area contributed by atoms with Crippen LogP contribution in [0.1, 0.15) is 22.8 Å². The first-order chi connectivity index (χ1) is 14.9. The van der Waals surface area contributed by atoms with Gasteiger partial charge in [0.15, 0.2) is 0 Å². The highest BCUT2D eigenvalue weighted by Gasteiger charge is 2.16. The van der Waals surface area contributed by atoms with Crippen LogP contribution in [0.5, 0.6) is 5.75 Å². The van der Waals surface area contributed by atoms with Gasteiger partial charge in [-0.05, 0) is 80.1 Å². The van der Waals surface area contributed by atoms with Gasteiger partial charge in [-0.1, -0.05) is 17.7 Å². The second kappa shape index (κ2) is 10.4. The van der Waals surface area contributed by atoms with Gasteiger partial charge in [-0.15, -0.1) is 11.8 Å². The lowest BCUT2D eigenvalue weighted by Crippen LogP contribution is -2.22. The van der Waals surface area contributed by atoms with Gasteiger partial charge < -0.3 is 15.4 Å². The topological polar surface area (TPSA) is 67.4 Å². The number of hydrogen-bond acceptors (Lipinski definition) is 4. The van der Waals surface area contributed by atoms with E-state index in [0.717, 1.165) is 10.5 Å². The van der Waals surface area contributed by atoms with Crippen LogP contribution in [-0.2, 0) is 4.79 Å². The molecule has 0 aliphatic carbocycles. The summed E-state index contributed by atoms with van der Waals surface area (Å²) in [7, 11) is 1.58. The molecule has 0 saturated heterocycles. The molecule has 7 heteroatoms. The second-order valence-corrected chi connectivity index (χ2v) is 8.77. The number of halogens is 1. The smallest absolute Gasteiger partial charge is 0.255 e. The zero-order valence-electron chi connectivity index (χ0n) is 17.4. The SMILES string of the molecule is COc1ccc(C(=O)Nc2ccc(SC(C)C(=O)Nc3cc(Cl)ccc3C)cc2)cc1. The van der Waals surface area contributed by atoms with Crippen LogP contribution in [-0.4, -0.2) is 24.2 Å². The van der Waals surface area contributed by atoms with Crippen LogP contribution in [0.4, 0.5) is 11.4 Å². The van der Waals surface area contributed by atoms with Gasteiger partial charge in [-0.3, -0.25) is 9.59 Å². The van der Waals surface area contributed by atoms with Crippen molar-refractivity contribution in [3.05, 3.63) is 82.9 Å². The van der Waals surface area contributed by atoms with E-state index in [0.29, 0.717) is 27.7 Å². The summed E-state index contributed by atoms with van der Waals surface area (Å²) in [6, 6.07) is 19.7. The fourth-order valence-electron chi connectivity index (χ4n) is 2.78. The minimum atomic E-state index is -0.307. The monoisotopic (exact) mass is 454 g/mol. The number of thioether (sulfide) groups is 1. The fraction of sp³-hybridized carbons (Fsp3) is 0.167. The molecule has 31 heavy (non-hydrogen) atoms. The Morgan fingerprint density at radius 2 is 1.65 bits per heavy atom. The van der Waals surface area contributed by atoms with Crippen molar-refractivity contribution in [3.8, 4) is 5.75 Å². The van der Waals surface area contributed by atoms with Crippen LogP contribution in [0.2, 0.25) is 5.02 Å². The third-order valence-electron chi connectivity index (χ3n) is 4.60. The summed E-state index contributed by atoms with van der Waals surface area (Å²) in [5.41, 5.74) is 2.88. The van der Waals surface area contributed by atoms with E-state index in [2.05, 4.69) is 10.6 Å². The number of carbonyl (C=O) groups excluding carboxylic acids is 2. The van der Waals surface area contributed by atoms with Gasteiger partial charge in [0.25, 0.3) is 5.91 Å². The maximum atomic E-state index is 12.6. The predicted molar refractivity (Wildman–Crippen MR) is 128 cm³/mol. The Bertz CT molecular complexity index is 1070. The van der Waals surface area contributed by atoms with Gasteiger partial charge in [0.2, 0.25) is 5.91 Å². The number of methoxy groups -OCH3 is 1. The molecule has 0 heterocycles. The normalized spacial score (nSPS) is 11.5. The van der Waals surface area contributed by atoms with Crippen molar-refractivity contribution in [3.63, 3.8) is 0 Å². The zero-order chi connectivity index (χ0) is 22.4. The average Bonchev–Trinajstić information content (AvgIpc) is 2.77. The number of carbonyl (C=O) groups is 2. The predicted octanol–water partition coefficient (Wildman–Crippen LogP) is 6.03. The molecule has 0 aliphatic rings. The van der Waals surface area contributed by atoms with Gasteiger partial charge in [0.05, 0.1) is 12.4 Å². The van der Waals surface area contributed by atoms with Crippen LogP contribution < -0.4 is 15.4 Å². The largest absolute Gasteiger partial charge is 0.497 e. The quantitative estimate of drug-likeness (QED) is 0.428. The van der Waals surface area contributed by atoms with E-state index in [4.69, 9.17) is 16.3 Å². The minimum absolute atomic E-state index is 0.104. The fourth-order valence-corrected chi connectivity index (χ4v) is 3.82. The molecule has 0 fully saturated rings. The highest BCUT2D eigenvalue weighted by molar-refractivity contribution is 8.00. The van der Waals surface area contributed by atoms with E-state index < -0.39 is 0 Å². The number of aryl methyl sites for hydroxylation is 1. The lowest BCUT2D eigenvalue weighted by atomic mass is 10.2. The molecule has 1 unspecified atom stereocenters. The molecular weight excluding hydrogens is 432 g/mol. The first-order valence-electron chi connectivity index (χ1n) is 9.65. The number of hydrogen-bond donors (Lipinski definition) is 2. The summed E-state index contributed by atoms with van der Waals surface area (Å²) in [5.74, 6) is 0.390. The first kappa shape index (κ1) is 22.7. The molecule has 0 saturated carbocycles. The Morgan fingerprint density at radius 3 is 2.29 bits per heavy atom. The first-order valence-corrected chi connectivity index (χ1v) is 10.9. The maximum Gasteiger partial charge on any atom is 0.255 e. The van der Waals surface area contributed by atoms with Crippen LogP contribution in [0, 0.1) is 6.92 Å². The summed E-state index contributed by atoms with van der Waals surface area (Å²) in [6.07, 6.45) is 0. The van der Waals surface area contributed by atoms with Crippen molar-refractivity contribution in [1.29, 1.82) is 0 Å². The summed E-state index contributed by atoms with van der Waals surface area (Å²) in [4.78, 5) is 25.8. The third-order valence-corrected chi connectivity index (χ3v) is 5.95. The van der Waals surface area contributed by atoms with Crippen molar-refractivity contribution in [2.45, 2.75) is 24.0 Å². The molecule has 2 amide bonds. The van der Waals surface area contributed by atoms with Crippen LogP contribution in [0.15, 0.2) is 71.6 Å². The summed E-state index contributed by atoms with van der Waals surface area (Å²) in [5, 5.41) is 6.06. The third kappa shape index (κ3) is 6.26.